The average Bonchev–Trinajstić information content (AvgIpc) is 3.17. The number of hydrogen-bond donors (Lipinski definition) is 0. The van der Waals surface area contributed by atoms with E-state index in [1.807, 2.05) is 0 Å². The second kappa shape index (κ2) is 45.3. The summed E-state index contributed by atoms with van der Waals surface area (Å²) in [5, 5.41) is 0. The van der Waals surface area contributed by atoms with Crippen LogP contribution >= 0.6 is 0 Å². The molecule has 0 bridgehead atoms. The monoisotopic (exact) mass is 757 g/mol. The van der Waals surface area contributed by atoms with Crippen molar-refractivity contribution in [2.75, 3.05) is 19.8 Å². The molecule has 0 radical (unpaired) electrons. The number of rotatable bonds is 42. The van der Waals surface area contributed by atoms with Gasteiger partial charge in [0, 0.05) is 19.4 Å². The van der Waals surface area contributed by atoms with Crippen LogP contribution in [0.3, 0.4) is 0 Å². The van der Waals surface area contributed by atoms with E-state index in [-0.39, 0.29) is 25.2 Å². The summed E-state index contributed by atoms with van der Waals surface area (Å²) in [5.74, 6) is -0.416. The van der Waals surface area contributed by atoms with Gasteiger partial charge in [0.15, 0.2) is 6.10 Å². The molecule has 0 aliphatic rings. The predicted octanol–water partition coefficient (Wildman–Crippen LogP) is 15.2. The summed E-state index contributed by atoms with van der Waals surface area (Å²) in [7, 11) is 0. The number of esters is 2. The molecule has 0 N–H and O–H groups in total. The minimum atomic E-state index is -0.541. The van der Waals surface area contributed by atoms with Crippen LogP contribution in [0.4, 0.5) is 0 Å². The number of ether oxygens (including phenoxy) is 3. The molecule has 0 aromatic rings. The molecule has 0 spiro atoms. The Hall–Kier alpha value is -2.14. The second-order valence-corrected chi connectivity index (χ2v) is 15.3. The van der Waals surface area contributed by atoms with Crippen molar-refractivity contribution in [2.24, 2.45) is 0 Å². The fourth-order valence-corrected chi connectivity index (χ4v) is 6.39. The first-order chi connectivity index (χ1) is 26.6. The van der Waals surface area contributed by atoms with E-state index in [1.165, 1.54) is 122 Å². The lowest BCUT2D eigenvalue weighted by Gasteiger charge is -2.18. The average molecular weight is 757 g/mol. The first kappa shape index (κ1) is 51.9. The predicted molar refractivity (Wildman–Crippen MR) is 233 cm³/mol. The topological polar surface area (TPSA) is 61.8 Å². The number of allylic oxidation sites excluding steroid dienone is 8. The Bertz CT molecular complexity index is 904. The fourth-order valence-electron chi connectivity index (χ4n) is 6.39. The third kappa shape index (κ3) is 42.6. The van der Waals surface area contributed by atoms with Gasteiger partial charge < -0.3 is 14.2 Å². The van der Waals surface area contributed by atoms with E-state index in [0.29, 0.717) is 19.4 Å². The molecule has 314 valence electrons. The molecule has 1 atom stereocenters. The molecule has 1 unspecified atom stereocenters. The molecule has 0 aliphatic heterocycles. The number of carbonyl (C=O) groups excluding carboxylic acids is 2. The Kier molecular flexibility index (Phi) is 43.5. The maximum absolute atomic E-state index is 12.7. The Balaban J connectivity index is 4.27. The van der Waals surface area contributed by atoms with Gasteiger partial charge in [0.1, 0.15) is 6.61 Å². The molecule has 0 heterocycles. The lowest BCUT2D eigenvalue weighted by atomic mass is 10.1. The summed E-state index contributed by atoms with van der Waals surface area (Å²) in [4.78, 5) is 25.2. The lowest BCUT2D eigenvalue weighted by molar-refractivity contribution is -0.163. The highest BCUT2D eigenvalue weighted by molar-refractivity contribution is 5.70. The maximum atomic E-state index is 12.7. The third-order valence-electron chi connectivity index (χ3n) is 9.85. The van der Waals surface area contributed by atoms with E-state index < -0.39 is 6.10 Å². The number of carbonyl (C=O) groups is 2. The second-order valence-electron chi connectivity index (χ2n) is 15.3. The van der Waals surface area contributed by atoms with Crippen LogP contribution in [0.1, 0.15) is 226 Å². The van der Waals surface area contributed by atoms with E-state index in [1.54, 1.807) is 0 Å². The van der Waals surface area contributed by atoms with E-state index in [0.717, 1.165) is 70.6 Å². The van der Waals surface area contributed by atoms with Crippen LogP contribution < -0.4 is 0 Å². The quantitative estimate of drug-likeness (QED) is 0.0353. The van der Waals surface area contributed by atoms with E-state index >= 15 is 0 Å². The van der Waals surface area contributed by atoms with Crippen molar-refractivity contribution in [2.45, 2.75) is 232 Å². The highest BCUT2D eigenvalue weighted by atomic mass is 16.6. The van der Waals surface area contributed by atoms with Crippen LogP contribution in [0, 0.1) is 0 Å². The summed E-state index contributed by atoms with van der Waals surface area (Å²) < 4.78 is 17.3. The molecule has 5 nitrogen and oxygen atoms in total. The largest absolute Gasteiger partial charge is 0.462 e. The molecule has 0 fully saturated rings. The first-order valence-corrected chi connectivity index (χ1v) is 23.2. The first-order valence-electron chi connectivity index (χ1n) is 23.2. The molecular formula is C49H88O5. The summed E-state index contributed by atoms with van der Waals surface area (Å²) in [6.45, 7) is 7.66. The normalized spacial score (nSPS) is 12.6. The van der Waals surface area contributed by atoms with Crippen LogP contribution in [0.15, 0.2) is 48.6 Å². The Morgan fingerprint density at radius 1 is 0.426 bits per heavy atom. The van der Waals surface area contributed by atoms with Gasteiger partial charge in [0.05, 0.1) is 6.61 Å². The molecule has 5 heteroatoms. The zero-order chi connectivity index (χ0) is 39.3. The molecular weight excluding hydrogens is 669 g/mol. The molecule has 0 rings (SSSR count). The van der Waals surface area contributed by atoms with Gasteiger partial charge in [-0.25, -0.2) is 0 Å². The van der Waals surface area contributed by atoms with Gasteiger partial charge in [-0.05, 0) is 70.6 Å². The maximum Gasteiger partial charge on any atom is 0.306 e. The Morgan fingerprint density at radius 2 is 0.852 bits per heavy atom. The number of unbranched alkanes of at least 4 members (excludes halogenated alkanes) is 23. The third-order valence-corrected chi connectivity index (χ3v) is 9.85. The van der Waals surface area contributed by atoms with Crippen LogP contribution in [-0.4, -0.2) is 37.9 Å². The van der Waals surface area contributed by atoms with Crippen molar-refractivity contribution >= 4 is 11.9 Å². The van der Waals surface area contributed by atoms with Gasteiger partial charge in [0.25, 0.3) is 0 Å². The van der Waals surface area contributed by atoms with Crippen LogP contribution in [0.5, 0.6) is 0 Å². The van der Waals surface area contributed by atoms with E-state index in [9.17, 15) is 9.59 Å². The van der Waals surface area contributed by atoms with Crippen LogP contribution in [0.25, 0.3) is 0 Å². The van der Waals surface area contributed by atoms with Gasteiger partial charge in [-0.2, -0.15) is 0 Å². The van der Waals surface area contributed by atoms with Crippen LogP contribution in [0.2, 0.25) is 0 Å². The van der Waals surface area contributed by atoms with Crippen molar-refractivity contribution in [1.82, 2.24) is 0 Å². The summed E-state index contributed by atoms with van der Waals surface area (Å²) in [6.07, 6.45) is 53.9. The minimum Gasteiger partial charge on any atom is -0.462 e. The van der Waals surface area contributed by atoms with Gasteiger partial charge in [-0.3, -0.25) is 9.59 Å². The molecule has 54 heavy (non-hydrogen) atoms. The van der Waals surface area contributed by atoms with Crippen LogP contribution in [-0.2, 0) is 23.8 Å². The summed E-state index contributed by atoms with van der Waals surface area (Å²) in [5.41, 5.74) is 0. The van der Waals surface area contributed by atoms with E-state index in [2.05, 4.69) is 69.4 Å². The Morgan fingerprint density at radius 3 is 1.41 bits per heavy atom. The van der Waals surface area contributed by atoms with Gasteiger partial charge in [-0.15, -0.1) is 0 Å². The molecule has 0 saturated heterocycles. The van der Waals surface area contributed by atoms with Crippen molar-refractivity contribution < 1.29 is 23.8 Å². The highest BCUT2D eigenvalue weighted by Gasteiger charge is 2.17. The van der Waals surface area contributed by atoms with E-state index in [4.69, 9.17) is 14.2 Å². The highest BCUT2D eigenvalue weighted by Crippen LogP contribution is 2.14. The molecule has 0 saturated carbocycles. The van der Waals surface area contributed by atoms with Crippen molar-refractivity contribution in [3.63, 3.8) is 0 Å². The van der Waals surface area contributed by atoms with Gasteiger partial charge in [-0.1, -0.05) is 191 Å². The standard InChI is InChI=1S/C49H88O5/c1-4-7-10-13-16-19-22-24-25-26-28-30-33-36-39-42-48(50)53-46-47(45-52-44-41-38-35-32-29-23-20-17-14-11-8-5-2)54-49(51)43-40-37-34-31-27-21-18-15-12-9-6-3/h7,10,14,16-17,19,24-25,47H,4-6,8-9,11-13,15,18,20-23,26-46H2,1-3H3/b10-7-,17-14-,19-16-,25-24-. The summed E-state index contributed by atoms with van der Waals surface area (Å²) >= 11 is 0. The van der Waals surface area contributed by atoms with Crippen molar-refractivity contribution in [3.05, 3.63) is 48.6 Å². The van der Waals surface area contributed by atoms with Crippen molar-refractivity contribution in [1.29, 1.82) is 0 Å². The molecule has 0 aliphatic carbocycles. The van der Waals surface area contributed by atoms with Crippen molar-refractivity contribution in [3.8, 4) is 0 Å². The Labute approximate surface area is 335 Å². The van der Waals surface area contributed by atoms with Gasteiger partial charge in [0.2, 0.25) is 0 Å². The molecule has 0 aromatic heterocycles. The fraction of sp³-hybridized carbons (Fsp3) is 0.796. The molecule has 0 aromatic carbocycles. The lowest BCUT2D eigenvalue weighted by Crippen LogP contribution is -2.30. The van der Waals surface area contributed by atoms with Gasteiger partial charge >= 0.3 is 11.9 Å². The summed E-state index contributed by atoms with van der Waals surface area (Å²) in [6, 6.07) is 0. The number of hydrogen-bond acceptors (Lipinski definition) is 5. The zero-order valence-electron chi connectivity index (χ0n) is 36.0. The minimum absolute atomic E-state index is 0.0761. The SMILES string of the molecule is CC/C=C\C/C=C\C/C=C\CCCCCCCC(=O)OCC(COCCCCCCCC/C=C\CCCC)OC(=O)CCCCCCCCCCCCC. The zero-order valence-corrected chi connectivity index (χ0v) is 36.0. The molecule has 0 amide bonds. The smallest absolute Gasteiger partial charge is 0.306 e.